The van der Waals surface area contributed by atoms with Crippen LogP contribution in [0.15, 0.2) is 40.9 Å². The van der Waals surface area contributed by atoms with Crippen molar-refractivity contribution in [2.45, 2.75) is 0 Å². The molecule has 20 heavy (non-hydrogen) atoms. The van der Waals surface area contributed by atoms with E-state index >= 15 is 0 Å². The summed E-state index contributed by atoms with van der Waals surface area (Å²) < 4.78 is 5.95. The van der Waals surface area contributed by atoms with Crippen LogP contribution in [-0.2, 0) is 0 Å². The number of hydrogen-bond donors (Lipinski definition) is 1. The molecule has 0 spiro atoms. The molecule has 5 heteroatoms. The summed E-state index contributed by atoms with van der Waals surface area (Å²) in [6.07, 6.45) is 0. The molecule has 0 fully saturated rings. The highest BCUT2D eigenvalue weighted by atomic mass is 79.9. The second-order valence-electron chi connectivity index (χ2n) is 3.93. The number of nitriles is 2. The second kappa shape index (κ2) is 6.10. The van der Waals surface area contributed by atoms with Gasteiger partial charge in [0, 0.05) is 10.2 Å². The van der Waals surface area contributed by atoms with Crippen molar-refractivity contribution in [3.63, 3.8) is 0 Å². The zero-order valence-corrected chi connectivity index (χ0v) is 12.2. The van der Waals surface area contributed by atoms with Crippen molar-refractivity contribution in [3.8, 4) is 17.9 Å². The zero-order valence-electron chi connectivity index (χ0n) is 10.6. The van der Waals surface area contributed by atoms with Crippen molar-refractivity contribution in [1.82, 2.24) is 0 Å². The first-order valence-electron chi connectivity index (χ1n) is 5.73. The van der Waals surface area contributed by atoms with Gasteiger partial charge in [-0.15, -0.1) is 0 Å². The van der Waals surface area contributed by atoms with Crippen molar-refractivity contribution in [2.24, 2.45) is 0 Å². The molecule has 0 aliphatic carbocycles. The van der Waals surface area contributed by atoms with Gasteiger partial charge in [-0.2, -0.15) is 10.5 Å². The first-order valence-corrected chi connectivity index (χ1v) is 6.52. The lowest BCUT2D eigenvalue weighted by Gasteiger charge is -2.13. The minimum Gasteiger partial charge on any atom is -0.495 e. The minimum absolute atomic E-state index is 0.491. The maximum atomic E-state index is 9.16. The molecule has 2 aromatic rings. The third-order valence-electron chi connectivity index (χ3n) is 2.73. The van der Waals surface area contributed by atoms with Crippen LogP contribution in [-0.4, -0.2) is 7.11 Å². The van der Waals surface area contributed by atoms with Crippen molar-refractivity contribution < 1.29 is 4.74 Å². The summed E-state index contributed by atoms with van der Waals surface area (Å²) >= 11 is 3.33. The summed E-state index contributed by atoms with van der Waals surface area (Å²) in [6.45, 7) is 0. The maximum Gasteiger partial charge on any atom is 0.143 e. The second-order valence-corrected chi connectivity index (χ2v) is 4.78. The fourth-order valence-electron chi connectivity index (χ4n) is 1.75. The molecule has 0 saturated carbocycles. The molecule has 0 heterocycles. The predicted molar refractivity (Wildman–Crippen MR) is 79.8 cm³/mol. The number of nitrogens with one attached hydrogen (secondary N) is 1. The van der Waals surface area contributed by atoms with Gasteiger partial charge in [0.05, 0.1) is 23.9 Å². The predicted octanol–water partition coefficient (Wildman–Crippen LogP) is 3.94. The van der Waals surface area contributed by atoms with Gasteiger partial charge in [-0.05, 0) is 46.3 Å². The molecule has 0 atom stereocenters. The van der Waals surface area contributed by atoms with E-state index < -0.39 is 0 Å². The number of halogens is 1. The molecular weight excluding hydrogens is 318 g/mol. The van der Waals surface area contributed by atoms with E-state index in [4.69, 9.17) is 15.3 Å². The Bertz CT molecular complexity index is 729. The highest BCUT2D eigenvalue weighted by Crippen LogP contribution is 2.32. The Labute approximate surface area is 125 Å². The summed E-state index contributed by atoms with van der Waals surface area (Å²) in [5, 5.41) is 21.2. The summed E-state index contributed by atoms with van der Waals surface area (Å²) in [6, 6.07) is 14.7. The molecule has 2 aromatic carbocycles. The number of hydrogen-bond acceptors (Lipinski definition) is 4. The molecule has 0 bridgehead atoms. The number of ether oxygens (including phenoxy) is 1. The molecule has 0 unspecified atom stereocenters. The highest BCUT2D eigenvalue weighted by Gasteiger charge is 2.10. The molecular formula is C15H10BrN3O. The normalized spacial score (nSPS) is 9.40. The lowest BCUT2D eigenvalue weighted by atomic mass is 10.1. The Morgan fingerprint density at radius 1 is 1.10 bits per heavy atom. The van der Waals surface area contributed by atoms with Crippen LogP contribution in [0.2, 0.25) is 0 Å². The minimum atomic E-state index is 0.491. The topological polar surface area (TPSA) is 68.8 Å². The van der Waals surface area contributed by atoms with Crippen molar-refractivity contribution >= 4 is 27.3 Å². The van der Waals surface area contributed by atoms with E-state index in [-0.39, 0.29) is 0 Å². The maximum absolute atomic E-state index is 9.16. The van der Waals surface area contributed by atoms with Gasteiger partial charge >= 0.3 is 0 Å². The Balaban J connectivity index is 2.43. The molecule has 0 amide bonds. The van der Waals surface area contributed by atoms with Gasteiger partial charge in [0.15, 0.2) is 0 Å². The number of benzene rings is 2. The van der Waals surface area contributed by atoms with Gasteiger partial charge in [0.25, 0.3) is 0 Å². The third-order valence-corrected chi connectivity index (χ3v) is 3.38. The molecule has 0 saturated heterocycles. The van der Waals surface area contributed by atoms with E-state index in [2.05, 4.69) is 33.4 Å². The average Bonchev–Trinajstić information content (AvgIpc) is 2.47. The first kappa shape index (κ1) is 13.9. The van der Waals surface area contributed by atoms with Gasteiger partial charge in [-0.1, -0.05) is 6.07 Å². The smallest absolute Gasteiger partial charge is 0.143 e. The summed E-state index contributed by atoms with van der Waals surface area (Å²) in [7, 11) is 1.55. The molecule has 0 aromatic heterocycles. The van der Waals surface area contributed by atoms with E-state index in [0.29, 0.717) is 27.0 Å². The summed E-state index contributed by atoms with van der Waals surface area (Å²) in [5.74, 6) is 0.588. The molecule has 4 nitrogen and oxygen atoms in total. The summed E-state index contributed by atoms with van der Waals surface area (Å²) in [4.78, 5) is 0. The molecule has 0 radical (unpaired) electrons. The number of anilines is 2. The van der Waals surface area contributed by atoms with Crippen LogP contribution in [0, 0.1) is 22.7 Å². The standard InChI is InChI=1S/C15H10BrN3O/c1-20-14-4-2-3-11(9-18)15(14)19-12-6-5-10(8-17)13(16)7-12/h2-7,19H,1H3. The molecule has 98 valence electrons. The van der Waals surface area contributed by atoms with Crippen LogP contribution in [0.4, 0.5) is 11.4 Å². The quantitative estimate of drug-likeness (QED) is 0.926. The third kappa shape index (κ3) is 2.74. The van der Waals surface area contributed by atoms with Crippen LogP contribution >= 0.6 is 15.9 Å². The largest absolute Gasteiger partial charge is 0.495 e. The number of nitrogens with zero attached hydrogens (tertiary/aromatic N) is 2. The van der Waals surface area contributed by atoms with Crippen LogP contribution < -0.4 is 10.1 Å². The van der Waals surface area contributed by atoms with Crippen molar-refractivity contribution in [3.05, 3.63) is 52.0 Å². The Morgan fingerprint density at radius 2 is 1.85 bits per heavy atom. The SMILES string of the molecule is COc1cccc(C#N)c1Nc1ccc(C#N)c(Br)c1. The Morgan fingerprint density at radius 3 is 2.45 bits per heavy atom. The van der Waals surface area contributed by atoms with Gasteiger partial charge in [0.1, 0.15) is 17.9 Å². The average molecular weight is 328 g/mol. The van der Waals surface area contributed by atoms with Crippen LogP contribution in [0.25, 0.3) is 0 Å². The van der Waals surface area contributed by atoms with Gasteiger partial charge < -0.3 is 10.1 Å². The van der Waals surface area contributed by atoms with E-state index in [0.717, 1.165) is 5.69 Å². The molecule has 0 aliphatic heterocycles. The molecule has 2 rings (SSSR count). The van der Waals surface area contributed by atoms with Crippen molar-refractivity contribution in [1.29, 1.82) is 10.5 Å². The molecule has 0 aliphatic rings. The van der Waals surface area contributed by atoms with Gasteiger partial charge in [0.2, 0.25) is 0 Å². The van der Waals surface area contributed by atoms with E-state index in [9.17, 15) is 0 Å². The van der Waals surface area contributed by atoms with Crippen LogP contribution in [0.3, 0.4) is 0 Å². The number of rotatable bonds is 3. The monoisotopic (exact) mass is 327 g/mol. The first-order chi connectivity index (χ1) is 9.69. The van der Waals surface area contributed by atoms with Gasteiger partial charge in [-0.3, -0.25) is 0 Å². The number of para-hydroxylation sites is 1. The zero-order chi connectivity index (χ0) is 14.5. The fourth-order valence-corrected chi connectivity index (χ4v) is 2.22. The highest BCUT2D eigenvalue weighted by molar-refractivity contribution is 9.10. The van der Waals surface area contributed by atoms with E-state index in [1.807, 2.05) is 0 Å². The van der Waals surface area contributed by atoms with Crippen LogP contribution in [0.5, 0.6) is 5.75 Å². The van der Waals surface area contributed by atoms with Gasteiger partial charge in [-0.25, -0.2) is 0 Å². The summed E-state index contributed by atoms with van der Waals surface area (Å²) in [5.41, 5.74) is 2.41. The lowest BCUT2D eigenvalue weighted by molar-refractivity contribution is 0.416. The van der Waals surface area contributed by atoms with E-state index in [1.54, 1.807) is 43.5 Å². The number of methoxy groups -OCH3 is 1. The van der Waals surface area contributed by atoms with Crippen LogP contribution in [0.1, 0.15) is 11.1 Å². The molecule has 1 N–H and O–H groups in total. The van der Waals surface area contributed by atoms with Crippen molar-refractivity contribution in [2.75, 3.05) is 12.4 Å². The Kier molecular flexibility index (Phi) is 4.24. The van der Waals surface area contributed by atoms with E-state index in [1.165, 1.54) is 0 Å². The lowest BCUT2D eigenvalue weighted by Crippen LogP contribution is -1.98. The Hall–Kier alpha value is -2.50. The fraction of sp³-hybridized carbons (Fsp3) is 0.0667.